The zero-order chi connectivity index (χ0) is 18.7. The van der Waals surface area contributed by atoms with E-state index in [1.54, 1.807) is 48.5 Å². The summed E-state index contributed by atoms with van der Waals surface area (Å²) in [5.74, 6) is -0.0883. The van der Waals surface area contributed by atoms with Gasteiger partial charge in [-0.25, -0.2) is 4.79 Å². The Morgan fingerprint density at radius 3 is 2.31 bits per heavy atom. The van der Waals surface area contributed by atoms with Crippen molar-refractivity contribution in [1.82, 2.24) is 5.27 Å². The molecule has 3 rings (SSSR count). The summed E-state index contributed by atoms with van der Waals surface area (Å²) in [6, 6.07) is 13.1. The minimum absolute atomic E-state index is 0.0773. The van der Waals surface area contributed by atoms with Crippen LogP contribution in [0, 0.1) is 0 Å². The number of nitrogens with zero attached hydrogens (tertiary/aromatic N) is 1. The lowest BCUT2D eigenvalue weighted by atomic mass is 10.1. The summed E-state index contributed by atoms with van der Waals surface area (Å²) in [6.45, 7) is 1.45. The molecule has 1 amide bonds. The first-order valence-electron chi connectivity index (χ1n) is 7.70. The summed E-state index contributed by atoms with van der Waals surface area (Å²) in [5.41, 5.74) is 0.470. The predicted octanol–water partition coefficient (Wildman–Crippen LogP) is 1.71. The topological polar surface area (TPSA) is 105 Å². The maximum atomic E-state index is 12.5. The Morgan fingerprint density at radius 2 is 1.73 bits per heavy atom. The number of Topliss-reactive ketones (excluding diaryl/α,β-unsaturated/α-hetero) is 1. The molecule has 0 aliphatic rings. The summed E-state index contributed by atoms with van der Waals surface area (Å²) in [6.07, 6.45) is 0. The molecule has 0 bridgehead atoms. The van der Waals surface area contributed by atoms with Crippen LogP contribution in [-0.4, -0.2) is 24.1 Å². The number of hydrogen-bond acceptors (Lipinski definition) is 5. The highest BCUT2D eigenvalue weighted by Crippen LogP contribution is 2.12. The Labute approximate surface area is 148 Å². The smallest absolute Gasteiger partial charge is 0.441 e. The van der Waals surface area contributed by atoms with E-state index < -0.39 is 11.5 Å². The average Bonchev–Trinajstić information content (AvgIpc) is 3.04. The van der Waals surface area contributed by atoms with E-state index in [4.69, 9.17) is 9.26 Å². The lowest BCUT2D eigenvalue weighted by Gasteiger charge is -2.02. The van der Waals surface area contributed by atoms with Crippen molar-refractivity contribution in [3.8, 4) is 11.4 Å². The molecule has 0 aliphatic carbocycles. The van der Waals surface area contributed by atoms with Crippen molar-refractivity contribution in [2.75, 3.05) is 12.4 Å². The number of methoxy groups -OCH3 is 1. The summed E-state index contributed by atoms with van der Waals surface area (Å²) in [4.78, 5) is 35.8. The Kier molecular flexibility index (Phi) is 4.66. The molecule has 0 radical (unpaired) electrons. The number of carbonyl (C=O) groups is 2. The molecule has 8 heteroatoms. The van der Waals surface area contributed by atoms with Gasteiger partial charge < -0.3 is 10.1 Å². The van der Waals surface area contributed by atoms with E-state index in [1.807, 2.05) is 0 Å². The van der Waals surface area contributed by atoms with E-state index in [9.17, 15) is 14.4 Å². The molecule has 0 aliphatic heterocycles. The van der Waals surface area contributed by atoms with E-state index in [-0.39, 0.29) is 11.5 Å². The van der Waals surface area contributed by atoms with Gasteiger partial charge in [0.2, 0.25) is 5.69 Å². The second-order valence-corrected chi connectivity index (χ2v) is 5.45. The average molecular weight is 354 g/mol. The van der Waals surface area contributed by atoms with Gasteiger partial charge in [0.05, 0.1) is 7.11 Å². The van der Waals surface area contributed by atoms with Crippen LogP contribution in [0.5, 0.6) is 5.75 Å². The number of rotatable bonds is 5. The zero-order valence-corrected chi connectivity index (χ0v) is 14.1. The number of amides is 1. The van der Waals surface area contributed by atoms with Gasteiger partial charge in [-0.1, -0.05) is 0 Å². The Bertz CT molecular complexity index is 1000. The van der Waals surface area contributed by atoms with Crippen molar-refractivity contribution >= 4 is 17.4 Å². The molecule has 26 heavy (non-hydrogen) atoms. The minimum Gasteiger partial charge on any atom is -0.497 e. The van der Waals surface area contributed by atoms with Crippen LogP contribution in [0.4, 0.5) is 5.69 Å². The van der Waals surface area contributed by atoms with E-state index in [2.05, 4.69) is 10.6 Å². The SMILES string of the molecule is COc1ccc(-[n+]2[nH]oc(=O)c2C(=O)Nc2ccc(C(C)=O)cc2)cc1. The van der Waals surface area contributed by atoms with E-state index in [1.165, 1.54) is 18.7 Å². The number of aromatic nitrogens is 2. The number of ketones is 1. The summed E-state index contributed by atoms with van der Waals surface area (Å²) in [5, 5.41) is 5.01. The van der Waals surface area contributed by atoms with Crippen LogP contribution >= 0.6 is 0 Å². The number of anilines is 1. The van der Waals surface area contributed by atoms with Crippen LogP contribution in [-0.2, 0) is 0 Å². The third-order valence-corrected chi connectivity index (χ3v) is 3.74. The van der Waals surface area contributed by atoms with Crippen LogP contribution in [0.1, 0.15) is 27.8 Å². The summed E-state index contributed by atoms with van der Waals surface area (Å²) in [7, 11) is 1.54. The Hall–Kier alpha value is -3.68. The van der Waals surface area contributed by atoms with E-state index >= 15 is 0 Å². The van der Waals surface area contributed by atoms with Crippen molar-refractivity contribution in [3.63, 3.8) is 0 Å². The van der Waals surface area contributed by atoms with E-state index in [0.29, 0.717) is 22.7 Å². The third-order valence-electron chi connectivity index (χ3n) is 3.74. The number of carbonyl (C=O) groups excluding carboxylic acids is 2. The standard InChI is InChI=1S/C18H15N3O5/c1-11(22)12-3-5-13(6-4-12)19-17(23)16-18(24)26-20-21(16)14-7-9-15(25-2)10-8-14/h3-10H,1-2H3,(H-,19,20,22,23,24)/p+1. The first kappa shape index (κ1) is 17.2. The van der Waals surface area contributed by atoms with Gasteiger partial charge in [0.15, 0.2) is 5.78 Å². The number of nitrogens with one attached hydrogen (secondary N) is 2. The van der Waals surface area contributed by atoms with Crippen molar-refractivity contribution in [1.29, 1.82) is 0 Å². The molecule has 0 saturated heterocycles. The molecule has 1 aromatic heterocycles. The van der Waals surface area contributed by atoms with Gasteiger partial charge in [-0.15, -0.1) is 0 Å². The number of ether oxygens (including phenoxy) is 1. The maximum Gasteiger partial charge on any atom is 0.441 e. The molecule has 0 fully saturated rings. The van der Waals surface area contributed by atoms with Gasteiger partial charge >= 0.3 is 17.2 Å². The fourth-order valence-corrected chi connectivity index (χ4v) is 2.36. The fourth-order valence-electron chi connectivity index (χ4n) is 2.36. The molecular weight excluding hydrogens is 338 g/mol. The quantitative estimate of drug-likeness (QED) is 0.536. The maximum absolute atomic E-state index is 12.5. The highest BCUT2D eigenvalue weighted by molar-refractivity contribution is 6.02. The van der Waals surface area contributed by atoms with Crippen LogP contribution in [0.3, 0.4) is 0 Å². The largest absolute Gasteiger partial charge is 0.497 e. The molecule has 0 spiro atoms. The molecule has 0 unspecified atom stereocenters. The molecule has 0 saturated carbocycles. The normalized spacial score (nSPS) is 10.4. The molecule has 3 aromatic rings. The first-order valence-corrected chi connectivity index (χ1v) is 7.70. The fraction of sp³-hybridized carbons (Fsp3) is 0.111. The number of H-pyrrole nitrogens is 1. The van der Waals surface area contributed by atoms with Crippen LogP contribution in [0.15, 0.2) is 57.8 Å². The molecular formula is C18H16N3O5+. The van der Waals surface area contributed by atoms with Gasteiger partial charge in [-0.3, -0.25) is 14.1 Å². The first-order chi connectivity index (χ1) is 12.5. The van der Waals surface area contributed by atoms with Gasteiger partial charge in [0.25, 0.3) is 0 Å². The van der Waals surface area contributed by atoms with Crippen LogP contribution < -0.4 is 20.4 Å². The molecule has 132 valence electrons. The number of benzene rings is 2. The van der Waals surface area contributed by atoms with Crippen molar-refractivity contribution in [2.45, 2.75) is 6.92 Å². The number of aromatic amines is 1. The summed E-state index contributed by atoms with van der Waals surface area (Å²) >= 11 is 0. The molecule has 1 heterocycles. The lowest BCUT2D eigenvalue weighted by Crippen LogP contribution is -2.42. The molecule has 8 nitrogen and oxygen atoms in total. The molecule has 2 N–H and O–H groups in total. The van der Waals surface area contributed by atoms with Crippen molar-refractivity contribution in [2.24, 2.45) is 0 Å². The second kappa shape index (κ2) is 7.06. The molecule has 2 aromatic carbocycles. The predicted molar refractivity (Wildman–Crippen MR) is 91.8 cm³/mol. The zero-order valence-electron chi connectivity index (χ0n) is 14.1. The highest BCUT2D eigenvalue weighted by Gasteiger charge is 2.30. The molecule has 0 atom stereocenters. The van der Waals surface area contributed by atoms with Crippen molar-refractivity contribution < 1.29 is 23.5 Å². The van der Waals surface area contributed by atoms with Crippen molar-refractivity contribution in [3.05, 3.63) is 70.2 Å². The lowest BCUT2D eigenvalue weighted by molar-refractivity contribution is -0.672. The van der Waals surface area contributed by atoms with Crippen LogP contribution in [0.2, 0.25) is 0 Å². The van der Waals surface area contributed by atoms with Gasteiger partial charge in [0.1, 0.15) is 5.75 Å². The Morgan fingerprint density at radius 1 is 1.08 bits per heavy atom. The van der Waals surface area contributed by atoms with Gasteiger partial charge in [-0.05, 0) is 53.3 Å². The van der Waals surface area contributed by atoms with Gasteiger partial charge in [0, 0.05) is 23.4 Å². The Balaban J connectivity index is 1.88. The van der Waals surface area contributed by atoms with Crippen LogP contribution in [0.25, 0.3) is 5.69 Å². The highest BCUT2D eigenvalue weighted by atomic mass is 16.5. The number of hydrogen-bond donors (Lipinski definition) is 2. The third kappa shape index (κ3) is 3.39. The van der Waals surface area contributed by atoms with Gasteiger partial charge in [-0.2, -0.15) is 0 Å². The monoisotopic (exact) mass is 354 g/mol. The minimum atomic E-state index is -0.807. The second-order valence-electron chi connectivity index (χ2n) is 5.45. The summed E-state index contributed by atoms with van der Waals surface area (Å²) < 4.78 is 11.1. The van der Waals surface area contributed by atoms with E-state index in [0.717, 1.165) is 0 Å².